The fourth-order valence-corrected chi connectivity index (χ4v) is 2.29. The van der Waals surface area contributed by atoms with Gasteiger partial charge in [0.1, 0.15) is 23.4 Å². The highest BCUT2D eigenvalue weighted by Gasteiger charge is 2.18. The maximum Gasteiger partial charge on any atom is 0.129 e. The molecule has 0 aliphatic carbocycles. The fraction of sp³-hybridized carbons (Fsp3) is 0.533. The summed E-state index contributed by atoms with van der Waals surface area (Å²) in [6.45, 7) is 4.46. The van der Waals surface area contributed by atoms with Crippen LogP contribution in [0.5, 0.6) is 5.75 Å². The SMILES string of the molecule is CN(CC(O)COc1ccccc1C(N)=S)CC(C)(C)O. The zero-order valence-electron chi connectivity index (χ0n) is 12.7. The van der Waals surface area contributed by atoms with E-state index in [1.807, 2.05) is 24.1 Å². The number of likely N-dealkylation sites (N-methyl/N-ethyl adjacent to an activating group) is 1. The highest BCUT2D eigenvalue weighted by atomic mass is 32.1. The summed E-state index contributed by atoms with van der Waals surface area (Å²) in [4.78, 5) is 2.12. The molecule has 0 radical (unpaired) electrons. The minimum atomic E-state index is -0.798. The fourth-order valence-electron chi connectivity index (χ4n) is 2.12. The molecule has 5 nitrogen and oxygen atoms in total. The van der Waals surface area contributed by atoms with Gasteiger partial charge in [-0.3, -0.25) is 0 Å². The second kappa shape index (κ2) is 7.70. The molecule has 0 amide bonds. The molecule has 1 atom stereocenters. The Hall–Kier alpha value is -1.21. The van der Waals surface area contributed by atoms with Crippen LogP contribution in [0.3, 0.4) is 0 Å². The lowest BCUT2D eigenvalue weighted by Crippen LogP contribution is -2.41. The third-order valence-corrected chi connectivity index (χ3v) is 2.98. The van der Waals surface area contributed by atoms with Gasteiger partial charge < -0.3 is 25.6 Å². The Morgan fingerprint density at radius 2 is 2.05 bits per heavy atom. The number of nitrogens with zero attached hydrogens (tertiary/aromatic N) is 1. The Balaban J connectivity index is 2.50. The van der Waals surface area contributed by atoms with Crippen molar-refractivity contribution in [2.75, 3.05) is 26.7 Å². The first-order valence-electron chi connectivity index (χ1n) is 6.79. The van der Waals surface area contributed by atoms with E-state index in [9.17, 15) is 10.2 Å². The molecule has 0 aliphatic heterocycles. The van der Waals surface area contributed by atoms with E-state index in [0.717, 1.165) is 0 Å². The van der Waals surface area contributed by atoms with Crippen molar-refractivity contribution >= 4 is 17.2 Å². The largest absolute Gasteiger partial charge is 0.490 e. The first-order valence-corrected chi connectivity index (χ1v) is 7.20. The van der Waals surface area contributed by atoms with Gasteiger partial charge in [0.2, 0.25) is 0 Å². The smallest absolute Gasteiger partial charge is 0.129 e. The summed E-state index contributed by atoms with van der Waals surface area (Å²) in [7, 11) is 1.84. The third-order valence-electron chi connectivity index (χ3n) is 2.76. The summed E-state index contributed by atoms with van der Waals surface area (Å²) in [6.07, 6.45) is -0.670. The summed E-state index contributed by atoms with van der Waals surface area (Å²) in [5, 5.41) is 19.7. The molecular formula is C15H24N2O3S. The van der Waals surface area contributed by atoms with Crippen LogP contribution in [-0.2, 0) is 0 Å². The second-order valence-electron chi connectivity index (χ2n) is 5.83. The van der Waals surface area contributed by atoms with E-state index in [-0.39, 0.29) is 11.6 Å². The van der Waals surface area contributed by atoms with Gasteiger partial charge in [-0.2, -0.15) is 0 Å². The Morgan fingerprint density at radius 3 is 2.62 bits per heavy atom. The molecule has 1 aromatic carbocycles. The van der Waals surface area contributed by atoms with Crippen molar-refractivity contribution in [2.45, 2.75) is 25.6 Å². The minimum absolute atomic E-state index is 0.135. The molecule has 1 aromatic rings. The summed E-state index contributed by atoms with van der Waals surface area (Å²) in [5.41, 5.74) is 5.48. The van der Waals surface area contributed by atoms with Gasteiger partial charge in [-0.1, -0.05) is 24.4 Å². The Kier molecular flexibility index (Phi) is 6.54. The molecule has 0 bridgehead atoms. The lowest BCUT2D eigenvalue weighted by Gasteiger charge is -2.27. The van der Waals surface area contributed by atoms with Crippen molar-refractivity contribution in [3.8, 4) is 5.75 Å². The van der Waals surface area contributed by atoms with E-state index >= 15 is 0 Å². The number of rotatable bonds is 8. The van der Waals surface area contributed by atoms with Crippen molar-refractivity contribution in [3.63, 3.8) is 0 Å². The maximum atomic E-state index is 9.99. The van der Waals surface area contributed by atoms with E-state index in [4.69, 9.17) is 22.7 Å². The molecular weight excluding hydrogens is 288 g/mol. The normalized spacial score (nSPS) is 13.2. The second-order valence-corrected chi connectivity index (χ2v) is 6.27. The topological polar surface area (TPSA) is 79.0 Å². The van der Waals surface area contributed by atoms with Crippen LogP contribution in [0, 0.1) is 0 Å². The molecule has 0 saturated heterocycles. The van der Waals surface area contributed by atoms with Crippen LogP contribution < -0.4 is 10.5 Å². The monoisotopic (exact) mass is 312 g/mol. The average molecular weight is 312 g/mol. The van der Waals surface area contributed by atoms with Crippen LogP contribution in [0.4, 0.5) is 0 Å². The van der Waals surface area contributed by atoms with E-state index < -0.39 is 11.7 Å². The van der Waals surface area contributed by atoms with Crippen LogP contribution in [0.25, 0.3) is 0 Å². The van der Waals surface area contributed by atoms with Gasteiger partial charge >= 0.3 is 0 Å². The number of aliphatic hydroxyl groups excluding tert-OH is 1. The standard InChI is InChI=1S/C15H24N2O3S/c1-15(2,19)10-17(3)8-11(18)9-20-13-7-5-4-6-12(13)14(16)21/h4-7,11,18-19H,8-10H2,1-3H3,(H2,16,21). The molecule has 0 spiro atoms. The molecule has 6 heteroatoms. The number of aliphatic hydroxyl groups is 2. The van der Waals surface area contributed by atoms with E-state index in [1.54, 1.807) is 26.0 Å². The molecule has 1 unspecified atom stereocenters. The van der Waals surface area contributed by atoms with Gasteiger partial charge in [0.25, 0.3) is 0 Å². The number of thiocarbonyl (C=S) groups is 1. The van der Waals surface area contributed by atoms with E-state index in [2.05, 4.69) is 0 Å². The lowest BCUT2D eigenvalue weighted by atomic mass is 10.1. The molecule has 0 aromatic heterocycles. The van der Waals surface area contributed by atoms with E-state index in [1.165, 1.54) is 0 Å². The summed E-state index contributed by atoms with van der Waals surface area (Å²) < 4.78 is 5.58. The van der Waals surface area contributed by atoms with Gasteiger partial charge in [-0.05, 0) is 33.0 Å². The number of nitrogens with two attached hydrogens (primary N) is 1. The molecule has 0 heterocycles. The Bertz CT molecular complexity index is 474. The van der Waals surface area contributed by atoms with Crippen molar-refractivity contribution < 1.29 is 14.9 Å². The first kappa shape index (κ1) is 17.8. The lowest BCUT2D eigenvalue weighted by molar-refractivity contribution is 0.0194. The predicted molar refractivity (Wildman–Crippen MR) is 87.6 cm³/mol. The zero-order chi connectivity index (χ0) is 16.0. The van der Waals surface area contributed by atoms with Crippen molar-refractivity contribution in [3.05, 3.63) is 29.8 Å². The first-order chi connectivity index (χ1) is 9.69. The quantitative estimate of drug-likeness (QED) is 0.615. The molecule has 0 aliphatic rings. The number of para-hydroxylation sites is 1. The maximum absolute atomic E-state index is 9.99. The van der Waals surface area contributed by atoms with Crippen molar-refractivity contribution in [1.82, 2.24) is 4.90 Å². The number of ether oxygens (including phenoxy) is 1. The van der Waals surface area contributed by atoms with Crippen molar-refractivity contribution in [1.29, 1.82) is 0 Å². The zero-order valence-corrected chi connectivity index (χ0v) is 13.6. The number of hydrogen-bond donors (Lipinski definition) is 3. The summed E-state index contributed by atoms with van der Waals surface area (Å²) in [6, 6.07) is 7.20. The van der Waals surface area contributed by atoms with Crippen LogP contribution in [0.15, 0.2) is 24.3 Å². The Labute approximate surface area is 131 Å². The van der Waals surface area contributed by atoms with Gasteiger partial charge in [0.15, 0.2) is 0 Å². The van der Waals surface area contributed by atoms with Crippen LogP contribution >= 0.6 is 12.2 Å². The van der Waals surface area contributed by atoms with Crippen LogP contribution in [0.1, 0.15) is 19.4 Å². The predicted octanol–water partition coefficient (Wildman–Crippen LogP) is 0.763. The molecule has 1 rings (SSSR count). The van der Waals surface area contributed by atoms with Crippen LogP contribution in [-0.4, -0.2) is 58.6 Å². The molecule has 21 heavy (non-hydrogen) atoms. The highest BCUT2D eigenvalue weighted by Crippen LogP contribution is 2.18. The van der Waals surface area contributed by atoms with Gasteiger partial charge in [-0.25, -0.2) is 0 Å². The molecule has 4 N–H and O–H groups in total. The number of benzene rings is 1. The van der Waals surface area contributed by atoms with Gasteiger partial charge in [0.05, 0.1) is 11.2 Å². The van der Waals surface area contributed by atoms with E-state index in [0.29, 0.717) is 24.4 Å². The average Bonchev–Trinajstić information content (AvgIpc) is 2.34. The van der Waals surface area contributed by atoms with Gasteiger partial charge in [-0.15, -0.1) is 0 Å². The third kappa shape index (κ3) is 6.86. The Morgan fingerprint density at radius 1 is 1.43 bits per heavy atom. The highest BCUT2D eigenvalue weighted by molar-refractivity contribution is 7.80. The summed E-state index contributed by atoms with van der Waals surface area (Å²) >= 11 is 4.96. The minimum Gasteiger partial charge on any atom is -0.490 e. The van der Waals surface area contributed by atoms with Crippen molar-refractivity contribution in [2.24, 2.45) is 5.73 Å². The molecule has 118 valence electrons. The van der Waals surface area contributed by atoms with Gasteiger partial charge in [0, 0.05) is 13.1 Å². The molecule has 0 saturated carbocycles. The summed E-state index contributed by atoms with van der Waals surface area (Å²) in [5.74, 6) is 0.564. The number of hydrogen-bond acceptors (Lipinski definition) is 5. The van der Waals surface area contributed by atoms with Crippen LogP contribution in [0.2, 0.25) is 0 Å². The molecule has 0 fully saturated rings.